The number of aromatic nitrogens is 1. The maximum absolute atomic E-state index is 4.85. The van der Waals surface area contributed by atoms with E-state index in [1.807, 2.05) is 11.3 Å². The molecule has 1 aliphatic rings. The minimum Gasteiger partial charge on any atom is -0.246 e. The van der Waals surface area contributed by atoms with E-state index in [1.54, 1.807) is 0 Å². The third-order valence-electron chi connectivity index (χ3n) is 4.50. The van der Waals surface area contributed by atoms with Crippen LogP contribution in [0, 0.1) is 13.8 Å². The number of hydrogen-bond acceptors (Lipinski definition) is 2. The first kappa shape index (κ1) is 14.0. The van der Waals surface area contributed by atoms with Gasteiger partial charge >= 0.3 is 0 Å². The maximum Gasteiger partial charge on any atom is 0.0989 e. The van der Waals surface area contributed by atoms with Gasteiger partial charge in [0.25, 0.3) is 0 Å². The van der Waals surface area contributed by atoms with Gasteiger partial charge in [0.15, 0.2) is 0 Å². The Morgan fingerprint density at radius 1 is 0.889 bits per heavy atom. The fourth-order valence-corrected chi connectivity index (χ4v) is 4.10. The second-order valence-corrected chi connectivity index (χ2v) is 7.40. The van der Waals surface area contributed by atoms with Crippen LogP contribution in [0.4, 0.5) is 0 Å². The largest absolute Gasteiger partial charge is 0.246 e. The molecule has 0 aliphatic heterocycles. The fraction of sp³-hybridized carbons (Fsp3) is 0.812. The molecule has 2 rings (SSSR count). The Morgan fingerprint density at radius 2 is 1.39 bits per heavy atom. The molecule has 102 valence electrons. The number of nitrogens with zero attached hydrogens (tertiary/aromatic N) is 1. The minimum atomic E-state index is 0.348. The van der Waals surface area contributed by atoms with Gasteiger partial charge in [0.05, 0.1) is 10.7 Å². The van der Waals surface area contributed by atoms with Crippen LogP contribution < -0.4 is 0 Å². The molecule has 0 aromatic carbocycles. The van der Waals surface area contributed by atoms with Crippen LogP contribution in [0.25, 0.3) is 0 Å². The highest BCUT2D eigenvalue weighted by Crippen LogP contribution is 2.39. The third kappa shape index (κ3) is 3.34. The third-order valence-corrected chi connectivity index (χ3v) is 5.88. The van der Waals surface area contributed by atoms with Gasteiger partial charge in [-0.1, -0.05) is 51.9 Å². The lowest BCUT2D eigenvalue weighted by atomic mass is 9.79. The van der Waals surface area contributed by atoms with Crippen LogP contribution in [0.15, 0.2) is 0 Å². The summed E-state index contributed by atoms with van der Waals surface area (Å²) in [5.41, 5.74) is 1.59. The van der Waals surface area contributed by atoms with E-state index in [-0.39, 0.29) is 0 Å². The highest BCUT2D eigenvalue weighted by atomic mass is 32.1. The molecule has 1 aliphatic carbocycles. The van der Waals surface area contributed by atoms with E-state index < -0.39 is 0 Å². The van der Waals surface area contributed by atoms with Crippen molar-refractivity contribution in [3.8, 4) is 0 Å². The molecule has 1 aromatic heterocycles. The van der Waals surface area contributed by atoms with Crippen LogP contribution in [0.5, 0.6) is 0 Å². The highest BCUT2D eigenvalue weighted by molar-refractivity contribution is 7.11. The van der Waals surface area contributed by atoms with Crippen molar-refractivity contribution in [3.63, 3.8) is 0 Å². The van der Waals surface area contributed by atoms with Gasteiger partial charge in [-0.25, -0.2) is 4.98 Å². The Labute approximate surface area is 116 Å². The summed E-state index contributed by atoms with van der Waals surface area (Å²) in [7, 11) is 0. The first-order valence-electron chi connectivity index (χ1n) is 7.56. The summed E-state index contributed by atoms with van der Waals surface area (Å²) in [5, 5.41) is 1.40. The quantitative estimate of drug-likeness (QED) is 0.649. The van der Waals surface area contributed by atoms with Crippen LogP contribution in [0.1, 0.15) is 80.3 Å². The number of aryl methyl sites for hydroxylation is 2. The molecule has 0 spiro atoms. The number of thiazole rings is 1. The van der Waals surface area contributed by atoms with Crippen LogP contribution in [-0.4, -0.2) is 4.98 Å². The second kappa shape index (κ2) is 6.18. The Morgan fingerprint density at radius 3 is 1.83 bits per heavy atom. The first-order valence-corrected chi connectivity index (χ1v) is 8.38. The van der Waals surface area contributed by atoms with Crippen molar-refractivity contribution >= 4 is 11.3 Å². The van der Waals surface area contributed by atoms with E-state index in [0.29, 0.717) is 5.41 Å². The fourth-order valence-electron chi connectivity index (χ4n) is 2.98. The number of hydrogen-bond donors (Lipinski definition) is 0. The van der Waals surface area contributed by atoms with Gasteiger partial charge in [0, 0.05) is 10.3 Å². The van der Waals surface area contributed by atoms with Crippen molar-refractivity contribution < 1.29 is 0 Å². The Hall–Kier alpha value is -0.370. The molecule has 2 heteroatoms. The lowest BCUT2D eigenvalue weighted by molar-refractivity contribution is 0.350. The standard InChI is InChI=1S/C16H27NS/c1-13-14(2)18-15(17-13)16(3)11-9-7-5-4-6-8-10-12-16/h4-12H2,1-3H3. The molecule has 0 saturated heterocycles. The van der Waals surface area contributed by atoms with Crippen molar-refractivity contribution in [2.75, 3.05) is 0 Å². The van der Waals surface area contributed by atoms with Crippen LogP contribution in [0.3, 0.4) is 0 Å². The maximum atomic E-state index is 4.85. The molecule has 1 nitrogen and oxygen atoms in total. The predicted molar refractivity (Wildman–Crippen MR) is 80.5 cm³/mol. The SMILES string of the molecule is Cc1nc(C2(C)CCCCCCCCC2)sc1C. The van der Waals surface area contributed by atoms with Gasteiger partial charge in [-0.15, -0.1) is 11.3 Å². The summed E-state index contributed by atoms with van der Waals surface area (Å²) < 4.78 is 0. The summed E-state index contributed by atoms with van der Waals surface area (Å²) in [5.74, 6) is 0. The predicted octanol–water partition coefficient (Wildman–Crippen LogP) is 5.54. The van der Waals surface area contributed by atoms with Crippen molar-refractivity contribution in [1.29, 1.82) is 0 Å². The van der Waals surface area contributed by atoms with Crippen LogP contribution in [-0.2, 0) is 5.41 Å². The molecule has 0 atom stereocenters. The summed E-state index contributed by atoms with van der Waals surface area (Å²) in [6.07, 6.45) is 12.6. The van der Waals surface area contributed by atoms with Gasteiger partial charge in [-0.05, 0) is 26.7 Å². The minimum absolute atomic E-state index is 0.348. The van der Waals surface area contributed by atoms with Crippen LogP contribution in [0.2, 0.25) is 0 Å². The average Bonchev–Trinajstić information content (AvgIpc) is 2.69. The Kier molecular flexibility index (Phi) is 4.83. The number of rotatable bonds is 1. The van der Waals surface area contributed by atoms with E-state index >= 15 is 0 Å². The molecule has 0 bridgehead atoms. The molecule has 1 aromatic rings. The lowest BCUT2D eigenvalue weighted by Crippen LogP contribution is -2.22. The average molecular weight is 265 g/mol. The Bertz CT molecular complexity index is 351. The molecule has 18 heavy (non-hydrogen) atoms. The van der Waals surface area contributed by atoms with Crippen molar-refractivity contribution in [2.24, 2.45) is 0 Å². The molecule has 1 saturated carbocycles. The zero-order chi connectivity index (χ0) is 13.0. The lowest BCUT2D eigenvalue weighted by Gasteiger charge is -2.28. The van der Waals surface area contributed by atoms with Gasteiger partial charge in [0.1, 0.15) is 0 Å². The Balaban J connectivity index is 2.13. The zero-order valence-electron chi connectivity index (χ0n) is 12.2. The van der Waals surface area contributed by atoms with Crippen molar-refractivity contribution in [1.82, 2.24) is 4.98 Å². The van der Waals surface area contributed by atoms with E-state index in [4.69, 9.17) is 4.98 Å². The monoisotopic (exact) mass is 265 g/mol. The van der Waals surface area contributed by atoms with Crippen LogP contribution >= 0.6 is 11.3 Å². The zero-order valence-corrected chi connectivity index (χ0v) is 13.0. The second-order valence-electron chi connectivity index (χ2n) is 6.20. The summed E-state index contributed by atoms with van der Waals surface area (Å²) in [6.45, 7) is 6.81. The topological polar surface area (TPSA) is 12.9 Å². The smallest absolute Gasteiger partial charge is 0.0989 e. The first-order chi connectivity index (χ1) is 8.62. The summed E-state index contributed by atoms with van der Waals surface area (Å²) >= 11 is 1.94. The normalized spacial score (nSPS) is 21.7. The molecule has 0 radical (unpaired) electrons. The summed E-state index contributed by atoms with van der Waals surface area (Å²) in [4.78, 5) is 6.26. The molecule has 0 N–H and O–H groups in total. The van der Waals surface area contributed by atoms with E-state index in [1.165, 1.54) is 73.4 Å². The molecular weight excluding hydrogens is 238 g/mol. The van der Waals surface area contributed by atoms with Crippen molar-refractivity contribution in [2.45, 2.75) is 84.0 Å². The summed E-state index contributed by atoms with van der Waals surface area (Å²) in [6, 6.07) is 0. The van der Waals surface area contributed by atoms with E-state index in [2.05, 4.69) is 20.8 Å². The molecule has 1 fully saturated rings. The highest BCUT2D eigenvalue weighted by Gasteiger charge is 2.29. The molecule has 1 heterocycles. The van der Waals surface area contributed by atoms with Crippen molar-refractivity contribution in [3.05, 3.63) is 15.6 Å². The van der Waals surface area contributed by atoms with Gasteiger partial charge in [-0.3, -0.25) is 0 Å². The van der Waals surface area contributed by atoms with E-state index in [0.717, 1.165) is 0 Å². The van der Waals surface area contributed by atoms with Gasteiger partial charge < -0.3 is 0 Å². The van der Waals surface area contributed by atoms with E-state index in [9.17, 15) is 0 Å². The van der Waals surface area contributed by atoms with Gasteiger partial charge in [-0.2, -0.15) is 0 Å². The molecule has 0 unspecified atom stereocenters. The molecular formula is C16H27NS. The molecule has 0 amide bonds. The van der Waals surface area contributed by atoms with Gasteiger partial charge in [0.2, 0.25) is 0 Å².